The molecule has 7 nitrogen and oxygen atoms in total. The van der Waals surface area contributed by atoms with Gasteiger partial charge in [-0.1, -0.05) is 43.3 Å². The second kappa shape index (κ2) is 10.5. The number of allylic oxidation sites excluding steroid dienone is 1. The molecule has 3 rings (SSSR count). The maximum atomic E-state index is 13.5. The van der Waals surface area contributed by atoms with E-state index < -0.39 is 22.2 Å². The van der Waals surface area contributed by atoms with Crippen molar-refractivity contribution < 1.29 is 23.1 Å². The van der Waals surface area contributed by atoms with Crippen molar-refractivity contribution in [3.05, 3.63) is 65.7 Å². The lowest BCUT2D eigenvalue weighted by Crippen LogP contribution is -2.50. The number of likely N-dealkylation sites (N-methyl/N-ethyl adjacent to an activating group) is 1. The summed E-state index contributed by atoms with van der Waals surface area (Å²) in [6.07, 6.45) is 3.28. The van der Waals surface area contributed by atoms with E-state index in [4.69, 9.17) is 4.74 Å². The molecule has 0 aromatic heterocycles. The number of rotatable bonds is 6. The van der Waals surface area contributed by atoms with Crippen molar-refractivity contribution >= 4 is 22.0 Å². The maximum Gasteiger partial charge on any atom is 0.253 e. The summed E-state index contributed by atoms with van der Waals surface area (Å²) in [7, 11) is -2.17. The van der Waals surface area contributed by atoms with Crippen LogP contribution in [0.1, 0.15) is 36.7 Å². The fourth-order valence-corrected chi connectivity index (χ4v) is 5.74. The van der Waals surface area contributed by atoms with E-state index in [2.05, 4.69) is 0 Å². The van der Waals surface area contributed by atoms with Crippen molar-refractivity contribution in [2.45, 2.75) is 37.8 Å². The lowest BCUT2D eigenvalue weighted by Gasteiger charge is -2.37. The topological polar surface area (TPSA) is 87.2 Å². The van der Waals surface area contributed by atoms with Crippen LogP contribution in [0.15, 0.2) is 59.5 Å². The molecule has 1 aliphatic rings. The molecule has 0 saturated carbocycles. The molecule has 0 spiro atoms. The minimum Gasteiger partial charge on any atom is -0.487 e. The summed E-state index contributed by atoms with van der Waals surface area (Å²) in [5.74, 6) is -0.124. The molecular formula is C25H32N2O5S. The van der Waals surface area contributed by atoms with Crippen molar-refractivity contribution in [1.82, 2.24) is 9.21 Å². The van der Waals surface area contributed by atoms with Crippen molar-refractivity contribution in [3.8, 4) is 5.75 Å². The zero-order chi connectivity index (χ0) is 24.2. The van der Waals surface area contributed by atoms with E-state index in [1.54, 1.807) is 49.2 Å². The minimum atomic E-state index is -3.89. The van der Waals surface area contributed by atoms with Crippen LogP contribution in [0.2, 0.25) is 0 Å². The lowest BCUT2D eigenvalue weighted by atomic mass is 10.0. The number of ether oxygens (including phenoxy) is 1. The fourth-order valence-electron chi connectivity index (χ4n) is 3.91. The van der Waals surface area contributed by atoms with Crippen LogP contribution in [-0.2, 0) is 10.0 Å². The number of benzene rings is 2. The number of aliphatic hydroxyl groups is 1. The largest absolute Gasteiger partial charge is 0.487 e. The highest BCUT2D eigenvalue weighted by Crippen LogP contribution is 2.34. The second-order valence-electron chi connectivity index (χ2n) is 8.50. The Morgan fingerprint density at radius 1 is 1.27 bits per heavy atom. The molecule has 2 aromatic carbocycles. The molecule has 0 radical (unpaired) electrons. The minimum absolute atomic E-state index is 0.0602. The first-order valence-electron chi connectivity index (χ1n) is 11.1. The van der Waals surface area contributed by atoms with Gasteiger partial charge in [0.05, 0.1) is 13.2 Å². The van der Waals surface area contributed by atoms with Crippen LogP contribution in [0.4, 0.5) is 0 Å². The van der Waals surface area contributed by atoms with E-state index in [1.807, 2.05) is 44.2 Å². The van der Waals surface area contributed by atoms with Gasteiger partial charge in [-0.2, -0.15) is 4.31 Å². The number of amides is 1. The summed E-state index contributed by atoms with van der Waals surface area (Å²) < 4.78 is 34.6. The number of carbonyl (C=O) groups excluding carboxylic acids is 1. The highest BCUT2D eigenvalue weighted by Gasteiger charge is 2.38. The van der Waals surface area contributed by atoms with Crippen LogP contribution in [-0.4, -0.2) is 67.5 Å². The van der Waals surface area contributed by atoms with Crippen LogP contribution >= 0.6 is 0 Å². The quantitative estimate of drug-likeness (QED) is 0.697. The SMILES string of the molecule is CC=Cc1ccc2c(c1)O[C@@H](CN(C)C(=O)c1ccccc1)[C@@H](C)CN([C@@H](C)CO)S2(=O)=O. The molecule has 3 atom stereocenters. The third-order valence-electron chi connectivity index (χ3n) is 5.87. The number of fused-ring (bicyclic) bond motifs is 1. The molecule has 0 bridgehead atoms. The predicted molar refractivity (Wildman–Crippen MR) is 129 cm³/mol. The Bertz CT molecular complexity index is 1100. The number of hydrogen-bond donors (Lipinski definition) is 1. The number of carbonyl (C=O) groups is 1. The van der Waals surface area contributed by atoms with Crippen LogP contribution in [0.3, 0.4) is 0 Å². The molecule has 33 heavy (non-hydrogen) atoms. The van der Waals surface area contributed by atoms with Crippen molar-refractivity contribution in [2.75, 3.05) is 26.7 Å². The molecule has 0 unspecified atom stereocenters. The first-order valence-corrected chi connectivity index (χ1v) is 12.5. The van der Waals surface area contributed by atoms with E-state index in [0.717, 1.165) is 5.56 Å². The van der Waals surface area contributed by atoms with Gasteiger partial charge in [0, 0.05) is 31.1 Å². The number of sulfonamides is 1. The zero-order valence-electron chi connectivity index (χ0n) is 19.5. The van der Waals surface area contributed by atoms with Gasteiger partial charge >= 0.3 is 0 Å². The van der Waals surface area contributed by atoms with E-state index in [9.17, 15) is 18.3 Å². The zero-order valence-corrected chi connectivity index (χ0v) is 20.3. The Balaban J connectivity index is 2.01. The van der Waals surface area contributed by atoms with E-state index >= 15 is 0 Å². The highest BCUT2D eigenvalue weighted by atomic mass is 32.2. The standard InChI is InChI=1S/C25H32N2O5S/c1-5-9-20-12-13-24-22(14-20)32-23(16-26(4)25(29)21-10-7-6-8-11-21)18(2)15-27(19(3)17-28)33(24,30)31/h5-14,18-19,23,28H,15-17H2,1-4H3/t18-,19-,23-/m0/s1. The van der Waals surface area contributed by atoms with Gasteiger partial charge in [0.25, 0.3) is 5.91 Å². The van der Waals surface area contributed by atoms with Gasteiger partial charge in [-0.3, -0.25) is 4.79 Å². The van der Waals surface area contributed by atoms with Gasteiger partial charge in [-0.15, -0.1) is 0 Å². The number of nitrogens with zero attached hydrogens (tertiary/aromatic N) is 2. The molecule has 0 aliphatic carbocycles. The summed E-state index contributed by atoms with van der Waals surface area (Å²) in [6.45, 7) is 5.62. The Hall–Kier alpha value is -2.68. The summed E-state index contributed by atoms with van der Waals surface area (Å²) in [6, 6.07) is 13.4. The Morgan fingerprint density at radius 2 is 1.97 bits per heavy atom. The average Bonchev–Trinajstić information content (AvgIpc) is 2.81. The van der Waals surface area contributed by atoms with Crippen LogP contribution in [0.25, 0.3) is 6.08 Å². The van der Waals surface area contributed by atoms with Gasteiger partial charge < -0.3 is 14.7 Å². The second-order valence-corrected chi connectivity index (χ2v) is 10.4. The van der Waals surface area contributed by atoms with Crippen molar-refractivity contribution in [3.63, 3.8) is 0 Å². The Kier molecular flexibility index (Phi) is 7.94. The molecule has 1 amide bonds. The molecule has 1 heterocycles. The fraction of sp³-hybridized carbons (Fsp3) is 0.400. The van der Waals surface area contributed by atoms with Crippen molar-refractivity contribution in [1.29, 1.82) is 0 Å². The molecule has 1 N–H and O–H groups in total. The van der Waals surface area contributed by atoms with Crippen LogP contribution in [0, 0.1) is 5.92 Å². The Morgan fingerprint density at radius 3 is 2.61 bits per heavy atom. The summed E-state index contributed by atoms with van der Waals surface area (Å²) in [5, 5.41) is 9.74. The third-order valence-corrected chi connectivity index (χ3v) is 7.89. The van der Waals surface area contributed by atoms with Crippen LogP contribution < -0.4 is 4.74 Å². The predicted octanol–water partition coefficient (Wildman–Crippen LogP) is 3.26. The van der Waals surface area contributed by atoms with Gasteiger partial charge in [-0.25, -0.2) is 8.42 Å². The number of hydrogen-bond acceptors (Lipinski definition) is 5. The number of aliphatic hydroxyl groups excluding tert-OH is 1. The molecule has 0 fully saturated rings. The highest BCUT2D eigenvalue weighted by molar-refractivity contribution is 7.89. The average molecular weight is 473 g/mol. The first kappa shape index (κ1) is 25.0. The summed E-state index contributed by atoms with van der Waals surface area (Å²) >= 11 is 0. The summed E-state index contributed by atoms with van der Waals surface area (Å²) in [5.41, 5.74) is 1.39. The smallest absolute Gasteiger partial charge is 0.253 e. The molecule has 2 aromatic rings. The van der Waals surface area contributed by atoms with Gasteiger partial charge in [-0.05, 0) is 43.7 Å². The Labute approximate surface area is 196 Å². The third kappa shape index (κ3) is 5.46. The van der Waals surface area contributed by atoms with E-state index in [1.165, 1.54) is 4.31 Å². The van der Waals surface area contributed by atoms with Gasteiger partial charge in [0.1, 0.15) is 16.7 Å². The molecule has 1 aliphatic heterocycles. The van der Waals surface area contributed by atoms with E-state index in [0.29, 0.717) is 5.56 Å². The molecule has 178 valence electrons. The lowest BCUT2D eigenvalue weighted by molar-refractivity contribution is 0.0563. The first-order chi connectivity index (χ1) is 15.7. The molecular weight excluding hydrogens is 440 g/mol. The van der Waals surface area contributed by atoms with Crippen LogP contribution in [0.5, 0.6) is 5.75 Å². The molecule has 8 heteroatoms. The van der Waals surface area contributed by atoms with Gasteiger partial charge in [0.2, 0.25) is 10.0 Å². The van der Waals surface area contributed by atoms with Crippen molar-refractivity contribution in [2.24, 2.45) is 5.92 Å². The maximum absolute atomic E-state index is 13.5. The molecule has 0 saturated heterocycles. The van der Waals surface area contributed by atoms with E-state index in [-0.39, 0.29) is 42.2 Å². The monoisotopic (exact) mass is 472 g/mol. The normalized spacial score (nSPS) is 21.5. The summed E-state index contributed by atoms with van der Waals surface area (Å²) in [4.78, 5) is 14.6. The van der Waals surface area contributed by atoms with Gasteiger partial charge in [0.15, 0.2) is 0 Å².